The Morgan fingerprint density at radius 2 is 2.27 bits per heavy atom. The molecule has 0 spiro atoms. The van der Waals surface area contributed by atoms with Crippen LogP contribution in [0, 0.1) is 0 Å². The lowest BCUT2D eigenvalue weighted by molar-refractivity contribution is 1.17. The largest absolute Gasteiger partial charge is 0.379 e. The predicted octanol–water partition coefficient (Wildman–Crippen LogP) is 4.17. The van der Waals surface area contributed by atoms with E-state index in [1.54, 1.807) is 23.6 Å². The third-order valence-corrected chi connectivity index (χ3v) is 4.02. The molecule has 2 heterocycles. The number of aromatic nitrogens is 1. The first-order valence-electron chi connectivity index (χ1n) is 4.33. The highest BCUT2D eigenvalue weighted by molar-refractivity contribution is 9.10. The molecular weight excluding hydrogens is 296 g/mol. The van der Waals surface area contributed by atoms with Crippen molar-refractivity contribution in [1.29, 1.82) is 0 Å². The van der Waals surface area contributed by atoms with Crippen LogP contribution in [0.4, 0.5) is 5.69 Å². The van der Waals surface area contributed by atoms with Crippen molar-refractivity contribution in [1.82, 2.24) is 4.98 Å². The maximum absolute atomic E-state index is 5.69. The Labute approximate surface area is 105 Å². The zero-order valence-corrected chi connectivity index (χ0v) is 10.9. The summed E-state index contributed by atoms with van der Waals surface area (Å²) in [6.07, 6.45) is 1.73. The van der Waals surface area contributed by atoms with Crippen molar-refractivity contribution < 1.29 is 0 Å². The van der Waals surface area contributed by atoms with Crippen LogP contribution >= 0.6 is 38.9 Å². The number of hydrogen-bond acceptors (Lipinski definition) is 3. The van der Waals surface area contributed by atoms with Gasteiger partial charge in [-0.25, -0.2) is 4.98 Å². The molecule has 5 heteroatoms. The second-order valence-corrected chi connectivity index (χ2v) is 5.16. The molecule has 2 rings (SSSR count). The van der Waals surface area contributed by atoms with Gasteiger partial charge in [-0.2, -0.15) is 0 Å². The third-order valence-electron chi connectivity index (χ3n) is 1.87. The molecule has 78 valence electrons. The lowest BCUT2D eigenvalue weighted by Gasteiger charge is -2.04. The fraction of sp³-hybridized carbons (Fsp3) is 0.100. The average molecular weight is 304 g/mol. The number of anilines is 1. The zero-order chi connectivity index (χ0) is 10.7. The van der Waals surface area contributed by atoms with Gasteiger partial charge in [0.15, 0.2) is 0 Å². The summed E-state index contributed by atoms with van der Waals surface area (Å²) in [6.45, 7) is 0.793. The molecule has 0 amide bonds. The van der Waals surface area contributed by atoms with Crippen LogP contribution in [0.15, 0.2) is 34.2 Å². The maximum atomic E-state index is 5.69. The number of halogens is 2. The number of rotatable bonds is 3. The number of nitrogens with one attached hydrogen (secondary N) is 1. The summed E-state index contributed by atoms with van der Waals surface area (Å²) in [5.41, 5.74) is 0.972. The summed E-state index contributed by atoms with van der Waals surface area (Å²) in [5, 5.41) is 5.84. The Hall–Kier alpha value is -0.580. The van der Waals surface area contributed by atoms with Gasteiger partial charge in [0, 0.05) is 9.35 Å². The minimum atomic E-state index is 0.512. The van der Waals surface area contributed by atoms with Gasteiger partial charge in [0.05, 0.1) is 18.4 Å². The summed E-state index contributed by atoms with van der Waals surface area (Å²) < 4.78 is 1.14. The monoisotopic (exact) mass is 302 g/mol. The molecule has 2 aromatic heterocycles. The van der Waals surface area contributed by atoms with Crippen LogP contribution in [-0.4, -0.2) is 4.98 Å². The Morgan fingerprint density at radius 3 is 2.87 bits per heavy atom. The van der Waals surface area contributed by atoms with Crippen molar-refractivity contribution in [2.24, 2.45) is 0 Å². The van der Waals surface area contributed by atoms with Crippen LogP contribution in [0.5, 0.6) is 0 Å². The number of pyridine rings is 1. The van der Waals surface area contributed by atoms with Crippen molar-refractivity contribution in [3.05, 3.63) is 44.3 Å². The third kappa shape index (κ3) is 2.93. The first-order valence-corrected chi connectivity index (χ1v) is 6.38. The normalized spacial score (nSPS) is 10.3. The van der Waals surface area contributed by atoms with E-state index in [0.29, 0.717) is 5.15 Å². The number of thiophene rings is 1. The number of hydrogen-bond donors (Lipinski definition) is 1. The van der Waals surface area contributed by atoms with E-state index in [0.717, 1.165) is 16.7 Å². The zero-order valence-electron chi connectivity index (χ0n) is 7.71. The van der Waals surface area contributed by atoms with Crippen LogP contribution in [-0.2, 0) is 6.54 Å². The fourth-order valence-corrected chi connectivity index (χ4v) is 2.66. The molecule has 1 N–H and O–H groups in total. The van der Waals surface area contributed by atoms with Gasteiger partial charge in [-0.05, 0) is 39.5 Å². The van der Waals surface area contributed by atoms with Gasteiger partial charge in [0.2, 0.25) is 0 Å². The highest BCUT2D eigenvalue weighted by atomic mass is 79.9. The molecule has 0 atom stereocenters. The lowest BCUT2D eigenvalue weighted by atomic mass is 10.4. The second kappa shape index (κ2) is 4.96. The van der Waals surface area contributed by atoms with Crippen LogP contribution in [0.25, 0.3) is 0 Å². The molecule has 0 saturated carbocycles. The molecule has 15 heavy (non-hydrogen) atoms. The molecule has 0 aliphatic heterocycles. The SMILES string of the molecule is Clc1ccc(NCc2sccc2Br)cn1. The van der Waals surface area contributed by atoms with E-state index >= 15 is 0 Å². The Kier molecular flexibility index (Phi) is 3.61. The standard InChI is InChI=1S/C10H8BrClN2S/c11-8-3-4-15-9(8)6-13-7-1-2-10(12)14-5-7/h1-5,13H,6H2. The predicted molar refractivity (Wildman–Crippen MR) is 68.6 cm³/mol. The van der Waals surface area contributed by atoms with Gasteiger partial charge >= 0.3 is 0 Å². The van der Waals surface area contributed by atoms with Gasteiger partial charge in [-0.15, -0.1) is 11.3 Å². The van der Waals surface area contributed by atoms with Gasteiger partial charge in [-0.1, -0.05) is 11.6 Å². The number of nitrogens with zero attached hydrogens (tertiary/aromatic N) is 1. The molecule has 2 aromatic rings. The molecule has 0 aliphatic carbocycles. The summed E-state index contributed by atoms with van der Waals surface area (Å²) in [6, 6.07) is 5.73. The van der Waals surface area contributed by atoms with Gasteiger partial charge < -0.3 is 5.32 Å². The average Bonchev–Trinajstić information content (AvgIpc) is 2.63. The van der Waals surface area contributed by atoms with E-state index in [2.05, 4.69) is 31.6 Å². The smallest absolute Gasteiger partial charge is 0.129 e. The van der Waals surface area contributed by atoms with E-state index < -0.39 is 0 Å². The van der Waals surface area contributed by atoms with Crippen molar-refractivity contribution in [3.8, 4) is 0 Å². The maximum Gasteiger partial charge on any atom is 0.129 e. The lowest BCUT2D eigenvalue weighted by Crippen LogP contribution is -1.98. The van der Waals surface area contributed by atoms with Crippen molar-refractivity contribution in [3.63, 3.8) is 0 Å². The molecule has 0 fully saturated rings. The molecule has 0 saturated heterocycles. The van der Waals surface area contributed by atoms with E-state index in [-0.39, 0.29) is 0 Å². The fourth-order valence-electron chi connectivity index (χ4n) is 1.11. The summed E-state index contributed by atoms with van der Waals surface area (Å²) >= 11 is 10.9. The molecule has 0 bridgehead atoms. The van der Waals surface area contributed by atoms with Gasteiger partial charge in [-0.3, -0.25) is 0 Å². The first-order chi connectivity index (χ1) is 7.25. The topological polar surface area (TPSA) is 24.9 Å². The van der Waals surface area contributed by atoms with Crippen LogP contribution in [0.2, 0.25) is 5.15 Å². The highest BCUT2D eigenvalue weighted by Gasteiger charge is 2.00. The Morgan fingerprint density at radius 1 is 1.40 bits per heavy atom. The molecule has 2 nitrogen and oxygen atoms in total. The van der Waals surface area contributed by atoms with Crippen LogP contribution in [0.1, 0.15) is 4.88 Å². The van der Waals surface area contributed by atoms with Gasteiger partial charge in [0.1, 0.15) is 5.15 Å². The minimum absolute atomic E-state index is 0.512. The molecule has 0 aromatic carbocycles. The summed E-state index contributed by atoms with van der Waals surface area (Å²) in [5.74, 6) is 0. The van der Waals surface area contributed by atoms with Gasteiger partial charge in [0.25, 0.3) is 0 Å². The van der Waals surface area contributed by atoms with E-state index in [4.69, 9.17) is 11.6 Å². The van der Waals surface area contributed by atoms with Crippen molar-refractivity contribution in [2.45, 2.75) is 6.54 Å². The molecule has 0 radical (unpaired) electrons. The van der Waals surface area contributed by atoms with E-state index in [9.17, 15) is 0 Å². The molecule has 0 unspecified atom stereocenters. The molecule has 0 aliphatic rings. The Balaban J connectivity index is 1.99. The van der Waals surface area contributed by atoms with E-state index in [1.807, 2.05) is 12.1 Å². The quantitative estimate of drug-likeness (QED) is 0.861. The minimum Gasteiger partial charge on any atom is -0.379 e. The summed E-state index contributed by atoms with van der Waals surface area (Å²) in [7, 11) is 0. The first kappa shape index (κ1) is 10.9. The highest BCUT2D eigenvalue weighted by Crippen LogP contribution is 2.23. The second-order valence-electron chi connectivity index (χ2n) is 2.91. The van der Waals surface area contributed by atoms with Crippen LogP contribution in [0.3, 0.4) is 0 Å². The van der Waals surface area contributed by atoms with Crippen molar-refractivity contribution in [2.75, 3.05) is 5.32 Å². The van der Waals surface area contributed by atoms with Crippen molar-refractivity contribution >= 4 is 44.6 Å². The Bertz CT molecular complexity index is 441. The van der Waals surface area contributed by atoms with Crippen LogP contribution < -0.4 is 5.32 Å². The summed E-state index contributed by atoms with van der Waals surface area (Å²) in [4.78, 5) is 5.26. The molecular formula is C10H8BrClN2S. The van der Waals surface area contributed by atoms with E-state index in [1.165, 1.54) is 4.88 Å².